The van der Waals surface area contributed by atoms with Crippen molar-refractivity contribution in [2.24, 2.45) is 0 Å². The molecule has 2 aromatic carbocycles. The molecular weight excluding hydrogens is 358 g/mol. The normalized spacial score (nSPS) is 12.0. The van der Waals surface area contributed by atoms with Crippen molar-refractivity contribution in [1.29, 1.82) is 0 Å². The number of rotatable bonds is 3. The van der Waals surface area contributed by atoms with E-state index in [1.165, 1.54) is 15.9 Å². The van der Waals surface area contributed by atoms with E-state index in [1.807, 2.05) is 36.4 Å². The minimum Gasteiger partial charge on any atom is -0.496 e. The Morgan fingerprint density at radius 1 is 1.20 bits per heavy atom. The number of ether oxygens (including phenoxy) is 1. The summed E-state index contributed by atoms with van der Waals surface area (Å²) in [5, 5.41) is 4.97. The molecule has 4 aromatic rings. The van der Waals surface area contributed by atoms with E-state index in [4.69, 9.17) is 16.3 Å². The van der Waals surface area contributed by atoms with Crippen LogP contribution in [0.3, 0.4) is 0 Å². The predicted molar refractivity (Wildman–Crippen MR) is 99.4 cm³/mol. The highest BCUT2D eigenvalue weighted by atomic mass is 35.5. The minimum atomic E-state index is -0.200. The Morgan fingerprint density at radius 2 is 2.04 bits per heavy atom. The van der Waals surface area contributed by atoms with Crippen molar-refractivity contribution in [3.63, 3.8) is 0 Å². The van der Waals surface area contributed by atoms with Gasteiger partial charge in [0.2, 0.25) is 4.96 Å². The Balaban J connectivity index is 1.84. The van der Waals surface area contributed by atoms with Gasteiger partial charge in [0.1, 0.15) is 5.75 Å². The zero-order valence-electron chi connectivity index (χ0n) is 13.1. The zero-order valence-corrected chi connectivity index (χ0v) is 14.7. The molecule has 0 amide bonds. The largest absolute Gasteiger partial charge is 0.496 e. The second kappa shape index (κ2) is 6.31. The van der Waals surface area contributed by atoms with Crippen LogP contribution in [0.5, 0.6) is 5.75 Å². The van der Waals surface area contributed by atoms with Crippen molar-refractivity contribution in [1.82, 2.24) is 14.6 Å². The lowest BCUT2D eigenvalue weighted by Crippen LogP contribution is -2.23. The fourth-order valence-electron chi connectivity index (χ4n) is 2.52. The number of hydrogen-bond donors (Lipinski definition) is 0. The van der Waals surface area contributed by atoms with Gasteiger partial charge in [0, 0.05) is 5.02 Å². The first kappa shape index (κ1) is 15.8. The van der Waals surface area contributed by atoms with Crippen LogP contribution in [0.1, 0.15) is 5.56 Å². The molecule has 0 saturated heterocycles. The standard InChI is InChI=1S/C18H12ClN3O2S/c1-24-14-8-3-2-7-13(14)16-20-18-22(21-16)17(23)15(25-18)10-11-5-4-6-12(19)9-11/h2-10H,1H3/b15-10-. The van der Waals surface area contributed by atoms with Crippen molar-refractivity contribution in [2.45, 2.75) is 0 Å². The maximum Gasteiger partial charge on any atom is 0.291 e. The number of hydrogen-bond acceptors (Lipinski definition) is 5. The van der Waals surface area contributed by atoms with Gasteiger partial charge in [-0.3, -0.25) is 4.79 Å². The number of halogens is 1. The molecule has 0 aliphatic carbocycles. The molecule has 0 bridgehead atoms. The van der Waals surface area contributed by atoms with Crippen LogP contribution in [-0.4, -0.2) is 21.7 Å². The van der Waals surface area contributed by atoms with E-state index in [9.17, 15) is 4.79 Å². The maximum atomic E-state index is 12.6. The van der Waals surface area contributed by atoms with Crippen LogP contribution in [0.15, 0.2) is 53.3 Å². The Bertz CT molecular complexity index is 1180. The average molecular weight is 370 g/mol. The molecule has 2 aromatic heterocycles. The Kier molecular flexibility index (Phi) is 3.99. The van der Waals surface area contributed by atoms with Crippen LogP contribution in [0.2, 0.25) is 5.02 Å². The van der Waals surface area contributed by atoms with Crippen molar-refractivity contribution in [2.75, 3.05) is 7.11 Å². The summed E-state index contributed by atoms with van der Waals surface area (Å²) in [4.78, 5) is 17.6. The number of benzene rings is 2. The summed E-state index contributed by atoms with van der Waals surface area (Å²) in [7, 11) is 1.59. The quantitative estimate of drug-likeness (QED) is 0.557. The monoisotopic (exact) mass is 369 g/mol. The summed E-state index contributed by atoms with van der Waals surface area (Å²) >= 11 is 7.28. The molecule has 2 heterocycles. The Hall–Kier alpha value is -2.70. The van der Waals surface area contributed by atoms with E-state index in [2.05, 4.69) is 10.1 Å². The highest BCUT2D eigenvalue weighted by molar-refractivity contribution is 7.15. The van der Waals surface area contributed by atoms with Gasteiger partial charge >= 0.3 is 0 Å². The SMILES string of the molecule is COc1ccccc1-c1nc2s/c(=C\c3cccc(Cl)c3)c(=O)n2n1. The fraction of sp³-hybridized carbons (Fsp3) is 0.0556. The third kappa shape index (κ3) is 2.90. The molecule has 124 valence electrons. The van der Waals surface area contributed by atoms with Gasteiger partial charge in [-0.1, -0.05) is 47.2 Å². The lowest BCUT2D eigenvalue weighted by atomic mass is 10.2. The highest BCUT2D eigenvalue weighted by Gasteiger charge is 2.14. The molecule has 0 N–H and O–H groups in total. The first-order valence-electron chi connectivity index (χ1n) is 7.46. The van der Waals surface area contributed by atoms with Crippen LogP contribution in [-0.2, 0) is 0 Å². The number of nitrogens with zero attached hydrogens (tertiary/aromatic N) is 3. The molecule has 0 aliphatic rings. The number of aromatic nitrogens is 3. The topological polar surface area (TPSA) is 56.5 Å². The summed E-state index contributed by atoms with van der Waals surface area (Å²) in [6, 6.07) is 14.8. The molecule has 0 atom stereocenters. The molecule has 4 rings (SSSR count). The molecule has 0 aliphatic heterocycles. The summed E-state index contributed by atoms with van der Waals surface area (Å²) < 4.78 is 7.22. The van der Waals surface area contributed by atoms with E-state index in [0.29, 0.717) is 26.1 Å². The lowest BCUT2D eigenvalue weighted by Gasteiger charge is -2.03. The van der Waals surface area contributed by atoms with Gasteiger partial charge in [0.15, 0.2) is 5.82 Å². The Morgan fingerprint density at radius 3 is 2.80 bits per heavy atom. The van der Waals surface area contributed by atoms with Crippen molar-refractivity contribution in [3.05, 3.63) is 74.0 Å². The fourth-order valence-corrected chi connectivity index (χ4v) is 3.63. The summed E-state index contributed by atoms with van der Waals surface area (Å²) in [6.45, 7) is 0. The molecule has 0 radical (unpaired) electrons. The maximum absolute atomic E-state index is 12.6. The van der Waals surface area contributed by atoms with Crippen molar-refractivity contribution >= 4 is 34.0 Å². The van der Waals surface area contributed by atoms with Crippen LogP contribution in [0.25, 0.3) is 22.4 Å². The van der Waals surface area contributed by atoms with Gasteiger partial charge in [-0.05, 0) is 35.9 Å². The van der Waals surface area contributed by atoms with Crippen LogP contribution in [0, 0.1) is 0 Å². The van der Waals surface area contributed by atoms with Crippen LogP contribution < -0.4 is 14.8 Å². The zero-order chi connectivity index (χ0) is 17.4. The minimum absolute atomic E-state index is 0.200. The second-order valence-corrected chi connectivity index (χ2v) is 6.75. The van der Waals surface area contributed by atoms with Gasteiger partial charge in [0.25, 0.3) is 5.56 Å². The van der Waals surface area contributed by atoms with Gasteiger partial charge in [-0.25, -0.2) is 0 Å². The van der Waals surface area contributed by atoms with E-state index >= 15 is 0 Å². The van der Waals surface area contributed by atoms with Gasteiger partial charge in [-0.15, -0.1) is 5.10 Å². The Labute approximate surface area is 151 Å². The van der Waals surface area contributed by atoms with Gasteiger partial charge in [0.05, 0.1) is 17.2 Å². The molecule has 25 heavy (non-hydrogen) atoms. The summed E-state index contributed by atoms with van der Waals surface area (Å²) in [6.07, 6.45) is 1.79. The lowest BCUT2D eigenvalue weighted by molar-refractivity contribution is 0.416. The molecule has 0 saturated carbocycles. The third-order valence-electron chi connectivity index (χ3n) is 3.68. The molecule has 7 heteroatoms. The van der Waals surface area contributed by atoms with Crippen LogP contribution in [0.4, 0.5) is 0 Å². The van der Waals surface area contributed by atoms with Crippen molar-refractivity contribution in [3.8, 4) is 17.1 Å². The molecule has 0 unspecified atom stereocenters. The number of fused-ring (bicyclic) bond motifs is 1. The highest BCUT2D eigenvalue weighted by Crippen LogP contribution is 2.27. The smallest absolute Gasteiger partial charge is 0.291 e. The number of methoxy groups -OCH3 is 1. The second-order valence-electron chi connectivity index (χ2n) is 5.30. The first-order chi connectivity index (χ1) is 12.2. The van der Waals surface area contributed by atoms with Crippen LogP contribution >= 0.6 is 22.9 Å². The van der Waals surface area contributed by atoms with Gasteiger partial charge in [-0.2, -0.15) is 9.50 Å². The first-order valence-corrected chi connectivity index (χ1v) is 8.65. The average Bonchev–Trinajstić information content (AvgIpc) is 3.15. The van der Waals surface area contributed by atoms with Gasteiger partial charge < -0.3 is 4.74 Å². The van der Waals surface area contributed by atoms with E-state index in [1.54, 1.807) is 25.3 Å². The summed E-state index contributed by atoms with van der Waals surface area (Å²) in [5.41, 5.74) is 1.41. The molecule has 0 spiro atoms. The third-order valence-corrected chi connectivity index (χ3v) is 4.87. The van der Waals surface area contributed by atoms with E-state index in [0.717, 1.165) is 11.1 Å². The van der Waals surface area contributed by atoms with E-state index in [-0.39, 0.29) is 5.56 Å². The molecule has 0 fully saturated rings. The summed E-state index contributed by atoms with van der Waals surface area (Å²) in [5.74, 6) is 1.13. The predicted octanol–water partition coefficient (Wildman–Crippen LogP) is 3.03. The van der Waals surface area contributed by atoms with Crippen molar-refractivity contribution < 1.29 is 4.74 Å². The number of para-hydroxylation sites is 1. The molecule has 5 nitrogen and oxygen atoms in total. The number of thiazole rings is 1. The molecular formula is C18H12ClN3O2S. The van der Waals surface area contributed by atoms with E-state index < -0.39 is 0 Å².